The lowest BCUT2D eigenvalue weighted by molar-refractivity contribution is 0.839. The van der Waals surface area contributed by atoms with Gasteiger partial charge in [0.2, 0.25) is 0 Å². The molecule has 4 nitrogen and oxygen atoms in total. The lowest BCUT2D eigenvalue weighted by Crippen LogP contribution is -2.22. The zero-order valence-electron chi connectivity index (χ0n) is 14.4. The van der Waals surface area contributed by atoms with Gasteiger partial charge in [-0.25, -0.2) is 4.68 Å². The number of para-hydroxylation sites is 1. The number of hydrogen-bond acceptors (Lipinski definition) is 3. The van der Waals surface area contributed by atoms with Crippen LogP contribution < -0.4 is 11.3 Å². The predicted octanol–water partition coefficient (Wildman–Crippen LogP) is 4.39. The Bertz CT molecular complexity index is 1150. The summed E-state index contributed by atoms with van der Waals surface area (Å²) in [7, 11) is 0. The van der Waals surface area contributed by atoms with E-state index >= 15 is 0 Å². The fourth-order valence-electron chi connectivity index (χ4n) is 3.73. The van der Waals surface area contributed by atoms with Crippen molar-refractivity contribution in [3.8, 4) is 5.69 Å². The molecule has 3 aromatic carbocycles. The molecule has 1 aromatic heterocycles. The van der Waals surface area contributed by atoms with Crippen LogP contribution in [0.1, 0.15) is 22.6 Å². The van der Waals surface area contributed by atoms with E-state index in [9.17, 15) is 4.79 Å². The van der Waals surface area contributed by atoms with Crippen LogP contribution in [0, 0.1) is 0 Å². The molecular formula is C22H17N3OS. The summed E-state index contributed by atoms with van der Waals surface area (Å²) in [5, 5.41) is 3.06. The first-order chi connectivity index (χ1) is 13.2. The van der Waals surface area contributed by atoms with E-state index in [2.05, 4.69) is 29.4 Å². The lowest BCUT2D eigenvalue weighted by Gasteiger charge is -2.27. The molecule has 0 atom stereocenters. The first-order valence-corrected chi connectivity index (χ1v) is 9.57. The Morgan fingerprint density at radius 1 is 0.815 bits per heavy atom. The van der Waals surface area contributed by atoms with Gasteiger partial charge in [0.05, 0.1) is 11.3 Å². The molecule has 0 spiro atoms. The van der Waals surface area contributed by atoms with Crippen molar-refractivity contribution in [3.63, 3.8) is 0 Å². The van der Waals surface area contributed by atoms with Crippen LogP contribution in [0.5, 0.6) is 0 Å². The van der Waals surface area contributed by atoms with Gasteiger partial charge in [-0.15, -0.1) is 0 Å². The average molecular weight is 371 g/mol. The van der Waals surface area contributed by atoms with Gasteiger partial charge in [0.15, 0.2) is 0 Å². The molecule has 27 heavy (non-hydrogen) atoms. The van der Waals surface area contributed by atoms with Crippen molar-refractivity contribution in [1.82, 2.24) is 9.78 Å². The standard InChI is InChI=1S/C22H17N3OS/c23-21-20(22(26)25(24-21)14-8-2-1-3-9-14)19-15-10-4-6-12-17(15)27-18-13-7-5-11-16(18)19/h1-13,19,24H,23H2. The molecule has 0 saturated heterocycles. The number of rotatable bonds is 2. The van der Waals surface area contributed by atoms with Crippen LogP contribution in [-0.4, -0.2) is 9.78 Å². The van der Waals surface area contributed by atoms with Gasteiger partial charge < -0.3 is 5.73 Å². The van der Waals surface area contributed by atoms with Crippen molar-refractivity contribution < 1.29 is 0 Å². The molecule has 0 bridgehead atoms. The Morgan fingerprint density at radius 2 is 1.37 bits per heavy atom. The highest BCUT2D eigenvalue weighted by atomic mass is 32.2. The number of nitrogens with one attached hydrogen (secondary N) is 1. The van der Waals surface area contributed by atoms with E-state index in [1.54, 1.807) is 11.8 Å². The molecule has 5 heteroatoms. The fraction of sp³-hybridized carbons (Fsp3) is 0.0455. The third kappa shape index (κ3) is 2.51. The van der Waals surface area contributed by atoms with Gasteiger partial charge in [-0.3, -0.25) is 9.89 Å². The summed E-state index contributed by atoms with van der Waals surface area (Å²) < 4.78 is 1.53. The summed E-state index contributed by atoms with van der Waals surface area (Å²) in [6.07, 6.45) is 0. The largest absolute Gasteiger partial charge is 0.384 e. The molecule has 1 aliphatic rings. The zero-order chi connectivity index (χ0) is 18.4. The van der Waals surface area contributed by atoms with Crippen LogP contribution in [0.2, 0.25) is 0 Å². The number of nitrogen functional groups attached to an aromatic ring is 1. The molecular weight excluding hydrogens is 354 g/mol. The average Bonchev–Trinajstić information content (AvgIpc) is 3.01. The van der Waals surface area contributed by atoms with Crippen molar-refractivity contribution >= 4 is 17.6 Å². The molecule has 0 amide bonds. The van der Waals surface area contributed by atoms with Gasteiger partial charge in [-0.05, 0) is 35.4 Å². The topological polar surface area (TPSA) is 63.8 Å². The van der Waals surface area contributed by atoms with Crippen LogP contribution in [0.3, 0.4) is 0 Å². The molecule has 0 radical (unpaired) electrons. The summed E-state index contributed by atoms with van der Waals surface area (Å²) in [6.45, 7) is 0. The van der Waals surface area contributed by atoms with E-state index in [4.69, 9.17) is 5.73 Å². The third-order valence-corrected chi connectivity index (χ3v) is 6.12. The van der Waals surface area contributed by atoms with Crippen molar-refractivity contribution in [2.24, 2.45) is 0 Å². The van der Waals surface area contributed by atoms with Crippen LogP contribution in [0.4, 0.5) is 5.82 Å². The predicted molar refractivity (Wildman–Crippen MR) is 109 cm³/mol. The lowest BCUT2D eigenvalue weighted by atomic mass is 9.85. The smallest absolute Gasteiger partial charge is 0.277 e. The Labute approximate surface area is 160 Å². The van der Waals surface area contributed by atoms with E-state index in [-0.39, 0.29) is 11.5 Å². The SMILES string of the molecule is Nc1[nH]n(-c2ccccc2)c(=O)c1C1c2ccccc2Sc2ccccc21. The van der Waals surface area contributed by atoms with E-state index in [0.29, 0.717) is 11.4 Å². The number of benzene rings is 3. The van der Waals surface area contributed by atoms with E-state index in [1.807, 2.05) is 54.6 Å². The molecule has 0 unspecified atom stereocenters. The van der Waals surface area contributed by atoms with E-state index < -0.39 is 0 Å². The summed E-state index contributed by atoms with van der Waals surface area (Å²) in [5.74, 6) is 0.220. The van der Waals surface area contributed by atoms with Gasteiger partial charge in [0.25, 0.3) is 5.56 Å². The molecule has 132 valence electrons. The van der Waals surface area contributed by atoms with Gasteiger partial charge >= 0.3 is 0 Å². The monoisotopic (exact) mass is 371 g/mol. The quantitative estimate of drug-likeness (QED) is 0.484. The molecule has 1 aliphatic heterocycles. The maximum Gasteiger partial charge on any atom is 0.277 e. The second-order valence-corrected chi connectivity index (χ2v) is 7.61. The van der Waals surface area contributed by atoms with Gasteiger partial charge in [0.1, 0.15) is 5.82 Å². The van der Waals surface area contributed by atoms with Crippen molar-refractivity contribution in [1.29, 1.82) is 0 Å². The number of aromatic amines is 1. The molecule has 2 heterocycles. The van der Waals surface area contributed by atoms with Crippen molar-refractivity contribution in [2.75, 3.05) is 5.73 Å². The van der Waals surface area contributed by atoms with Crippen LogP contribution in [0.15, 0.2) is 93.4 Å². The van der Waals surface area contributed by atoms with Crippen molar-refractivity contribution in [3.05, 3.63) is 106 Å². The zero-order valence-corrected chi connectivity index (χ0v) is 15.2. The summed E-state index contributed by atoms with van der Waals surface area (Å²) in [6, 6.07) is 26.0. The number of anilines is 1. The summed E-state index contributed by atoms with van der Waals surface area (Å²) in [4.78, 5) is 15.7. The van der Waals surface area contributed by atoms with Crippen LogP contribution in [-0.2, 0) is 0 Å². The highest BCUT2D eigenvalue weighted by molar-refractivity contribution is 7.99. The Morgan fingerprint density at radius 3 is 2.00 bits per heavy atom. The Balaban J connectivity index is 1.77. The number of hydrogen-bond donors (Lipinski definition) is 2. The van der Waals surface area contributed by atoms with Crippen LogP contribution >= 0.6 is 11.8 Å². The summed E-state index contributed by atoms with van der Waals surface area (Å²) >= 11 is 1.74. The van der Waals surface area contributed by atoms with Gasteiger partial charge in [-0.2, -0.15) is 0 Å². The maximum absolute atomic E-state index is 13.4. The first kappa shape index (κ1) is 16.0. The van der Waals surface area contributed by atoms with E-state index in [1.165, 1.54) is 4.68 Å². The molecule has 0 aliphatic carbocycles. The molecule has 3 N–H and O–H groups in total. The van der Waals surface area contributed by atoms with Gasteiger partial charge in [0, 0.05) is 15.7 Å². The number of aromatic nitrogens is 2. The Kier molecular flexibility index (Phi) is 3.69. The second kappa shape index (κ2) is 6.21. The molecule has 0 fully saturated rings. The number of fused-ring (bicyclic) bond motifs is 2. The maximum atomic E-state index is 13.4. The van der Waals surface area contributed by atoms with E-state index in [0.717, 1.165) is 26.6 Å². The molecule has 4 aromatic rings. The fourth-order valence-corrected chi connectivity index (χ4v) is 4.86. The third-order valence-electron chi connectivity index (χ3n) is 4.94. The minimum Gasteiger partial charge on any atom is -0.384 e. The summed E-state index contributed by atoms with van der Waals surface area (Å²) in [5.41, 5.74) is 9.83. The normalized spacial score (nSPS) is 13.2. The highest BCUT2D eigenvalue weighted by Crippen LogP contribution is 2.48. The van der Waals surface area contributed by atoms with Gasteiger partial charge in [-0.1, -0.05) is 66.4 Å². The molecule has 5 rings (SSSR count). The van der Waals surface area contributed by atoms with Crippen LogP contribution in [0.25, 0.3) is 5.69 Å². The number of H-pyrrole nitrogens is 1. The highest BCUT2D eigenvalue weighted by Gasteiger charge is 2.32. The number of nitrogens with zero attached hydrogens (tertiary/aromatic N) is 1. The second-order valence-electron chi connectivity index (χ2n) is 6.53. The molecule has 0 saturated carbocycles. The Hall–Kier alpha value is -3.18. The number of nitrogens with two attached hydrogens (primary N) is 1. The van der Waals surface area contributed by atoms with Crippen molar-refractivity contribution in [2.45, 2.75) is 15.7 Å². The minimum absolute atomic E-state index is 0.111. The first-order valence-electron chi connectivity index (χ1n) is 8.75. The minimum atomic E-state index is -0.188.